The monoisotopic (exact) mass is 474 g/mol. The normalized spacial score (nSPS) is 23.6. The third-order valence-electron chi connectivity index (χ3n) is 8.53. The van der Waals surface area contributed by atoms with Crippen LogP contribution < -0.4 is 4.74 Å². The Morgan fingerprint density at radius 3 is 2.43 bits per heavy atom. The molecule has 0 radical (unpaired) electrons. The first-order valence-corrected chi connectivity index (χ1v) is 13.4. The van der Waals surface area contributed by atoms with Crippen molar-refractivity contribution in [2.45, 2.75) is 63.3 Å². The van der Waals surface area contributed by atoms with Crippen LogP contribution in [0.2, 0.25) is 0 Å². The third kappa shape index (κ3) is 5.10. The third-order valence-corrected chi connectivity index (χ3v) is 8.53. The van der Waals surface area contributed by atoms with Crippen LogP contribution in [0.15, 0.2) is 54.6 Å². The molecule has 0 aromatic heterocycles. The average Bonchev–Trinajstić information content (AvgIpc) is 3.43. The Balaban J connectivity index is 1.28. The summed E-state index contributed by atoms with van der Waals surface area (Å²) in [5.74, 6) is 2.04. The van der Waals surface area contributed by atoms with E-state index in [1.54, 1.807) is 7.11 Å². The molecule has 2 aliphatic heterocycles. The number of carbonyl (C=O) groups excluding carboxylic acids is 2. The predicted molar refractivity (Wildman–Crippen MR) is 137 cm³/mol. The molecule has 0 N–H and O–H groups in total. The van der Waals surface area contributed by atoms with Crippen LogP contribution >= 0.6 is 0 Å². The molecule has 1 unspecified atom stereocenters. The lowest BCUT2D eigenvalue weighted by Gasteiger charge is -2.48. The van der Waals surface area contributed by atoms with Crippen molar-refractivity contribution < 1.29 is 14.3 Å². The first kappa shape index (κ1) is 23.9. The Hall–Kier alpha value is -2.82. The summed E-state index contributed by atoms with van der Waals surface area (Å²) in [6, 6.07) is 18.5. The minimum Gasteiger partial charge on any atom is -0.496 e. The zero-order valence-electron chi connectivity index (χ0n) is 20.9. The summed E-state index contributed by atoms with van der Waals surface area (Å²) < 4.78 is 5.45. The summed E-state index contributed by atoms with van der Waals surface area (Å²) in [4.78, 5) is 31.5. The van der Waals surface area contributed by atoms with E-state index < -0.39 is 0 Å². The number of hydrogen-bond donors (Lipinski definition) is 0. The van der Waals surface area contributed by atoms with Crippen LogP contribution in [-0.2, 0) is 16.0 Å². The highest BCUT2D eigenvalue weighted by molar-refractivity contribution is 5.85. The molecular formula is C30H38N2O3. The van der Waals surface area contributed by atoms with Gasteiger partial charge in [0.2, 0.25) is 11.8 Å². The van der Waals surface area contributed by atoms with Gasteiger partial charge in [0.05, 0.1) is 19.4 Å². The summed E-state index contributed by atoms with van der Waals surface area (Å²) in [5, 5.41) is 0. The van der Waals surface area contributed by atoms with E-state index in [2.05, 4.69) is 29.2 Å². The fourth-order valence-electron chi connectivity index (χ4n) is 6.77. The summed E-state index contributed by atoms with van der Waals surface area (Å²) in [6.07, 6.45) is 8.12. The lowest BCUT2D eigenvalue weighted by atomic mass is 9.79. The van der Waals surface area contributed by atoms with Gasteiger partial charge in [0.1, 0.15) is 5.75 Å². The second kappa shape index (κ2) is 10.8. The molecule has 0 spiro atoms. The first-order valence-electron chi connectivity index (χ1n) is 13.4. The Morgan fingerprint density at radius 2 is 1.66 bits per heavy atom. The standard InChI is InChI=1S/C30H38N2O3/c1-35-27-16-8-7-14-24(27)20-28(33)31-19-17-26-25(21-31)15-9-18-32(26)30(34)29(23-12-5-6-13-23)22-10-3-2-4-11-22/h2-4,7-8,10-11,14,16,23,25-26,29H,5-6,9,12-13,15,17-21H2,1H3/t25-,26-,29?/m1/s1. The summed E-state index contributed by atoms with van der Waals surface area (Å²) in [6.45, 7) is 2.32. The summed E-state index contributed by atoms with van der Waals surface area (Å²) in [7, 11) is 1.65. The van der Waals surface area contributed by atoms with Crippen molar-refractivity contribution >= 4 is 11.8 Å². The van der Waals surface area contributed by atoms with E-state index in [9.17, 15) is 9.59 Å². The van der Waals surface area contributed by atoms with Crippen molar-refractivity contribution in [2.24, 2.45) is 11.8 Å². The van der Waals surface area contributed by atoms with Crippen molar-refractivity contribution in [3.63, 3.8) is 0 Å². The van der Waals surface area contributed by atoms with Gasteiger partial charge in [0.15, 0.2) is 0 Å². The van der Waals surface area contributed by atoms with Gasteiger partial charge in [-0.05, 0) is 55.6 Å². The lowest BCUT2D eigenvalue weighted by molar-refractivity contribution is -0.143. The Labute approximate surface area is 209 Å². The topological polar surface area (TPSA) is 49.9 Å². The molecule has 0 bridgehead atoms. The van der Waals surface area contributed by atoms with Crippen LogP contribution in [0.1, 0.15) is 62.0 Å². The van der Waals surface area contributed by atoms with Gasteiger partial charge in [-0.25, -0.2) is 0 Å². The molecule has 2 saturated heterocycles. The Bertz CT molecular complexity index is 1020. The summed E-state index contributed by atoms with van der Waals surface area (Å²) >= 11 is 0. The first-order chi connectivity index (χ1) is 17.2. The van der Waals surface area contributed by atoms with Crippen LogP contribution in [0.5, 0.6) is 5.75 Å². The van der Waals surface area contributed by atoms with Crippen LogP contribution in [0, 0.1) is 11.8 Å². The minimum absolute atomic E-state index is 0.0253. The van der Waals surface area contributed by atoms with E-state index >= 15 is 0 Å². The molecule has 3 aliphatic rings. The molecule has 1 saturated carbocycles. The molecule has 5 rings (SSSR count). The number of fused-ring (bicyclic) bond motifs is 1. The van der Waals surface area contributed by atoms with Crippen molar-refractivity contribution in [3.8, 4) is 5.75 Å². The molecule has 2 aromatic rings. The number of piperidine rings is 2. The molecule has 35 heavy (non-hydrogen) atoms. The lowest BCUT2D eigenvalue weighted by Crippen LogP contribution is -2.57. The van der Waals surface area contributed by atoms with Gasteiger partial charge in [-0.2, -0.15) is 0 Å². The number of rotatable bonds is 6. The Morgan fingerprint density at radius 1 is 0.914 bits per heavy atom. The smallest absolute Gasteiger partial charge is 0.230 e. The quantitative estimate of drug-likeness (QED) is 0.589. The van der Waals surface area contributed by atoms with Crippen LogP contribution in [-0.4, -0.2) is 54.4 Å². The highest BCUT2D eigenvalue weighted by atomic mass is 16.5. The van der Waals surface area contributed by atoms with E-state index in [-0.39, 0.29) is 17.9 Å². The van der Waals surface area contributed by atoms with Crippen LogP contribution in [0.3, 0.4) is 0 Å². The maximum Gasteiger partial charge on any atom is 0.230 e. The number of nitrogens with zero attached hydrogens (tertiary/aromatic N) is 2. The Kier molecular flexibility index (Phi) is 7.40. The number of hydrogen-bond acceptors (Lipinski definition) is 3. The molecule has 1 aliphatic carbocycles. The SMILES string of the molecule is COc1ccccc1CC(=O)N1CC[C@@H]2[C@H](CCCN2C(=O)C(c2ccccc2)C2CCCC2)C1. The average molecular weight is 475 g/mol. The van der Waals surface area contributed by atoms with Gasteiger partial charge in [0.25, 0.3) is 0 Å². The minimum atomic E-state index is -0.0253. The number of methoxy groups -OCH3 is 1. The van der Waals surface area contributed by atoms with Crippen LogP contribution in [0.4, 0.5) is 0 Å². The van der Waals surface area contributed by atoms with Gasteiger partial charge in [-0.3, -0.25) is 9.59 Å². The number of amides is 2. The van der Waals surface area contributed by atoms with E-state index in [4.69, 9.17) is 4.74 Å². The van der Waals surface area contributed by atoms with Crippen molar-refractivity contribution in [1.29, 1.82) is 0 Å². The highest BCUT2D eigenvalue weighted by Gasteiger charge is 2.43. The number of ether oxygens (including phenoxy) is 1. The van der Waals surface area contributed by atoms with Gasteiger partial charge < -0.3 is 14.5 Å². The summed E-state index contributed by atoms with van der Waals surface area (Å²) in [5.41, 5.74) is 2.11. The van der Waals surface area contributed by atoms with Crippen molar-refractivity contribution in [3.05, 3.63) is 65.7 Å². The largest absolute Gasteiger partial charge is 0.496 e. The van der Waals surface area contributed by atoms with Crippen molar-refractivity contribution in [2.75, 3.05) is 26.7 Å². The van der Waals surface area contributed by atoms with Gasteiger partial charge in [0, 0.05) is 31.2 Å². The molecular weight excluding hydrogens is 436 g/mol. The fourth-order valence-corrected chi connectivity index (χ4v) is 6.77. The second-order valence-corrected chi connectivity index (χ2v) is 10.6. The molecule has 186 valence electrons. The molecule has 2 heterocycles. The second-order valence-electron chi connectivity index (χ2n) is 10.6. The molecule has 2 amide bonds. The van der Waals surface area contributed by atoms with Crippen LogP contribution in [0.25, 0.3) is 0 Å². The molecule has 2 aromatic carbocycles. The van der Waals surface area contributed by atoms with E-state index in [1.165, 1.54) is 18.4 Å². The molecule has 5 heteroatoms. The molecule has 5 nitrogen and oxygen atoms in total. The van der Waals surface area contributed by atoms with E-state index in [1.807, 2.05) is 35.2 Å². The van der Waals surface area contributed by atoms with Crippen molar-refractivity contribution in [1.82, 2.24) is 9.80 Å². The number of benzene rings is 2. The van der Waals surface area contributed by atoms with Gasteiger partial charge in [-0.15, -0.1) is 0 Å². The molecule has 3 atom stereocenters. The van der Waals surface area contributed by atoms with E-state index in [0.29, 0.717) is 24.2 Å². The zero-order valence-corrected chi connectivity index (χ0v) is 20.9. The predicted octanol–water partition coefficient (Wildman–Crippen LogP) is 5.05. The zero-order chi connectivity index (χ0) is 24.2. The van der Waals surface area contributed by atoms with E-state index in [0.717, 1.165) is 63.1 Å². The number of carbonyl (C=O) groups is 2. The van der Waals surface area contributed by atoms with Gasteiger partial charge >= 0.3 is 0 Å². The maximum atomic E-state index is 14.1. The highest BCUT2D eigenvalue weighted by Crippen LogP contribution is 2.41. The van der Waals surface area contributed by atoms with Gasteiger partial charge in [-0.1, -0.05) is 61.4 Å². The molecule has 3 fully saturated rings. The fraction of sp³-hybridized carbons (Fsp3) is 0.533. The number of para-hydroxylation sites is 1. The maximum absolute atomic E-state index is 14.1. The number of likely N-dealkylation sites (tertiary alicyclic amines) is 2.